The third-order valence-corrected chi connectivity index (χ3v) is 2.78. The Balaban J connectivity index is 2.19. The van der Waals surface area contributed by atoms with Crippen molar-refractivity contribution in [3.63, 3.8) is 0 Å². The van der Waals surface area contributed by atoms with Crippen molar-refractivity contribution in [2.24, 2.45) is 0 Å². The van der Waals surface area contributed by atoms with E-state index >= 15 is 0 Å². The maximum atomic E-state index is 8.58. The van der Waals surface area contributed by atoms with Crippen LogP contribution < -0.4 is 4.74 Å². The molecular weight excluding hydrogens is 250 g/mol. The van der Waals surface area contributed by atoms with Gasteiger partial charge >= 0.3 is 0 Å². The second-order valence-electron chi connectivity index (χ2n) is 3.68. The Morgan fingerprint density at radius 3 is 2.67 bits per heavy atom. The van der Waals surface area contributed by atoms with E-state index in [0.29, 0.717) is 28.8 Å². The van der Waals surface area contributed by atoms with E-state index in [1.807, 2.05) is 12.1 Å². The standard InChI is InChI=1S/C13H10ClN3O/c1-9-12(14)16-8-17-13(9)18-11-4-2-10(3-5-11)6-7-15/h2-5,8H,6H2,1H3. The van der Waals surface area contributed by atoms with Crippen LogP contribution in [0.25, 0.3) is 0 Å². The van der Waals surface area contributed by atoms with Gasteiger partial charge in [-0.3, -0.25) is 0 Å². The zero-order valence-corrected chi connectivity index (χ0v) is 10.5. The SMILES string of the molecule is Cc1c(Cl)ncnc1Oc1ccc(CC#N)cc1. The fourth-order valence-corrected chi connectivity index (χ4v) is 1.52. The molecule has 1 aromatic heterocycles. The van der Waals surface area contributed by atoms with E-state index in [4.69, 9.17) is 21.6 Å². The Morgan fingerprint density at radius 1 is 1.28 bits per heavy atom. The van der Waals surface area contributed by atoms with Gasteiger partial charge in [0.2, 0.25) is 5.88 Å². The van der Waals surface area contributed by atoms with Gasteiger partial charge in [0.05, 0.1) is 12.5 Å². The minimum Gasteiger partial charge on any atom is -0.439 e. The van der Waals surface area contributed by atoms with Crippen molar-refractivity contribution >= 4 is 11.6 Å². The molecule has 90 valence electrons. The molecule has 0 bridgehead atoms. The molecule has 0 saturated carbocycles. The third-order valence-electron chi connectivity index (χ3n) is 2.40. The van der Waals surface area contributed by atoms with E-state index in [-0.39, 0.29) is 0 Å². The van der Waals surface area contributed by atoms with Crippen molar-refractivity contribution in [1.82, 2.24) is 9.97 Å². The summed E-state index contributed by atoms with van der Waals surface area (Å²) < 4.78 is 5.60. The zero-order chi connectivity index (χ0) is 13.0. The van der Waals surface area contributed by atoms with Crippen molar-refractivity contribution in [2.75, 3.05) is 0 Å². The summed E-state index contributed by atoms with van der Waals surface area (Å²) in [6.45, 7) is 1.79. The number of benzene rings is 1. The highest BCUT2D eigenvalue weighted by Crippen LogP contribution is 2.25. The van der Waals surface area contributed by atoms with E-state index in [1.54, 1.807) is 19.1 Å². The van der Waals surface area contributed by atoms with E-state index < -0.39 is 0 Å². The predicted molar refractivity (Wildman–Crippen MR) is 67.6 cm³/mol. The maximum Gasteiger partial charge on any atom is 0.226 e. The normalized spacial score (nSPS) is 9.83. The van der Waals surface area contributed by atoms with Gasteiger partial charge < -0.3 is 4.74 Å². The number of nitriles is 1. The first-order chi connectivity index (χ1) is 8.70. The Kier molecular flexibility index (Phi) is 3.75. The molecule has 18 heavy (non-hydrogen) atoms. The van der Waals surface area contributed by atoms with Crippen LogP contribution >= 0.6 is 11.6 Å². The number of halogens is 1. The molecule has 0 N–H and O–H groups in total. The van der Waals surface area contributed by atoms with Crippen molar-refractivity contribution in [1.29, 1.82) is 5.26 Å². The second kappa shape index (κ2) is 5.48. The van der Waals surface area contributed by atoms with Crippen LogP contribution in [0.4, 0.5) is 0 Å². The summed E-state index contributed by atoms with van der Waals surface area (Å²) in [6.07, 6.45) is 1.74. The Hall–Kier alpha value is -2.12. The van der Waals surface area contributed by atoms with Gasteiger partial charge in [0, 0.05) is 5.56 Å². The van der Waals surface area contributed by atoms with Gasteiger partial charge in [-0.25, -0.2) is 9.97 Å². The van der Waals surface area contributed by atoms with E-state index in [2.05, 4.69) is 16.0 Å². The van der Waals surface area contributed by atoms with Crippen molar-refractivity contribution < 1.29 is 4.74 Å². The molecule has 5 heteroatoms. The van der Waals surface area contributed by atoms with E-state index in [1.165, 1.54) is 6.33 Å². The van der Waals surface area contributed by atoms with Crippen LogP contribution in [0.3, 0.4) is 0 Å². The first-order valence-corrected chi connectivity index (χ1v) is 5.69. The second-order valence-corrected chi connectivity index (χ2v) is 4.03. The molecule has 0 spiro atoms. The summed E-state index contributed by atoms with van der Waals surface area (Å²) in [6, 6.07) is 9.37. The highest BCUT2D eigenvalue weighted by Gasteiger charge is 2.07. The highest BCUT2D eigenvalue weighted by atomic mass is 35.5. The summed E-state index contributed by atoms with van der Waals surface area (Å²) in [4.78, 5) is 7.88. The molecule has 0 amide bonds. The van der Waals surface area contributed by atoms with Gasteiger partial charge in [-0.15, -0.1) is 0 Å². The minimum atomic E-state index is 0.376. The lowest BCUT2D eigenvalue weighted by Crippen LogP contribution is -1.93. The Labute approximate surface area is 110 Å². The maximum absolute atomic E-state index is 8.58. The van der Waals surface area contributed by atoms with Gasteiger partial charge in [-0.2, -0.15) is 5.26 Å². The summed E-state index contributed by atoms with van der Waals surface area (Å²) >= 11 is 5.88. The molecule has 0 saturated heterocycles. The number of aromatic nitrogens is 2. The van der Waals surface area contributed by atoms with Crippen LogP contribution in [-0.4, -0.2) is 9.97 Å². The van der Waals surface area contributed by atoms with Crippen LogP contribution in [0.5, 0.6) is 11.6 Å². The number of hydrogen-bond donors (Lipinski definition) is 0. The molecule has 1 aromatic carbocycles. The first-order valence-electron chi connectivity index (χ1n) is 5.31. The molecule has 2 aromatic rings. The van der Waals surface area contributed by atoms with Gasteiger partial charge in [0.15, 0.2) is 0 Å². The zero-order valence-electron chi connectivity index (χ0n) is 9.72. The number of ether oxygens (including phenoxy) is 1. The Bertz CT molecular complexity index is 590. The van der Waals surface area contributed by atoms with Crippen LogP contribution in [0.1, 0.15) is 11.1 Å². The molecule has 0 aliphatic heterocycles. The molecule has 0 atom stereocenters. The third kappa shape index (κ3) is 2.76. The number of rotatable bonds is 3. The Morgan fingerprint density at radius 2 is 2.00 bits per heavy atom. The molecule has 0 aliphatic carbocycles. The lowest BCUT2D eigenvalue weighted by molar-refractivity contribution is 0.457. The number of nitrogens with zero attached hydrogens (tertiary/aromatic N) is 3. The fourth-order valence-electron chi connectivity index (χ4n) is 1.40. The highest BCUT2D eigenvalue weighted by molar-refractivity contribution is 6.30. The van der Waals surface area contributed by atoms with Crippen molar-refractivity contribution in [3.05, 3.63) is 46.9 Å². The minimum absolute atomic E-state index is 0.376. The fraction of sp³-hybridized carbons (Fsp3) is 0.154. The predicted octanol–water partition coefficient (Wildman–Crippen LogP) is 3.30. The topological polar surface area (TPSA) is 58.8 Å². The van der Waals surface area contributed by atoms with Crippen LogP contribution in [0.2, 0.25) is 5.15 Å². The summed E-state index contributed by atoms with van der Waals surface area (Å²) in [5, 5.41) is 8.95. The lowest BCUT2D eigenvalue weighted by atomic mass is 10.2. The monoisotopic (exact) mass is 259 g/mol. The summed E-state index contributed by atoms with van der Waals surface area (Å²) in [5.41, 5.74) is 1.64. The van der Waals surface area contributed by atoms with Gasteiger partial charge in [-0.1, -0.05) is 23.7 Å². The smallest absolute Gasteiger partial charge is 0.226 e. The number of hydrogen-bond acceptors (Lipinski definition) is 4. The summed E-state index contributed by atoms with van der Waals surface area (Å²) in [7, 11) is 0. The van der Waals surface area contributed by atoms with Crippen molar-refractivity contribution in [2.45, 2.75) is 13.3 Å². The van der Waals surface area contributed by atoms with Crippen LogP contribution in [0.15, 0.2) is 30.6 Å². The molecule has 0 aliphatic rings. The van der Waals surface area contributed by atoms with Crippen LogP contribution in [0, 0.1) is 18.3 Å². The largest absolute Gasteiger partial charge is 0.439 e. The molecule has 1 heterocycles. The van der Waals surface area contributed by atoms with Gasteiger partial charge in [0.25, 0.3) is 0 Å². The molecule has 0 unspecified atom stereocenters. The molecular formula is C13H10ClN3O. The molecule has 0 radical (unpaired) electrons. The quantitative estimate of drug-likeness (QED) is 0.794. The average Bonchev–Trinajstić information content (AvgIpc) is 2.38. The van der Waals surface area contributed by atoms with Crippen molar-refractivity contribution in [3.8, 4) is 17.7 Å². The first kappa shape index (κ1) is 12.3. The lowest BCUT2D eigenvalue weighted by Gasteiger charge is -2.07. The van der Waals surface area contributed by atoms with E-state index in [0.717, 1.165) is 5.56 Å². The molecule has 2 rings (SSSR count). The van der Waals surface area contributed by atoms with Gasteiger partial charge in [-0.05, 0) is 24.6 Å². The van der Waals surface area contributed by atoms with Crippen LogP contribution in [-0.2, 0) is 6.42 Å². The average molecular weight is 260 g/mol. The summed E-state index contributed by atoms with van der Waals surface area (Å²) in [5.74, 6) is 1.08. The van der Waals surface area contributed by atoms with Gasteiger partial charge in [0.1, 0.15) is 17.2 Å². The van der Waals surface area contributed by atoms with E-state index in [9.17, 15) is 0 Å². The molecule has 0 fully saturated rings. The molecule has 4 nitrogen and oxygen atoms in total.